The van der Waals surface area contributed by atoms with Crippen LogP contribution in [0.5, 0.6) is 0 Å². The molecule has 2 aromatic rings. The third-order valence-corrected chi connectivity index (χ3v) is 3.31. The SMILES string of the molecule is OC(Cc1ccc(Br)cn1)c1ccc(F)cc1Cl. The first-order valence-corrected chi connectivity index (χ1v) is 6.47. The van der Waals surface area contributed by atoms with Gasteiger partial charge < -0.3 is 5.11 Å². The molecule has 18 heavy (non-hydrogen) atoms. The molecule has 2 rings (SSSR count). The molecule has 2 nitrogen and oxygen atoms in total. The van der Waals surface area contributed by atoms with Crippen molar-refractivity contribution in [2.24, 2.45) is 0 Å². The minimum absolute atomic E-state index is 0.222. The molecule has 0 saturated carbocycles. The van der Waals surface area contributed by atoms with Crippen molar-refractivity contribution < 1.29 is 9.50 Å². The van der Waals surface area contributed by atoms with Crippen molar-refractivity contribution in [1.29, 1.82) is 0 Å². The van der Waals surface area contributed by atoms with Crippen molar-refractivity contribution in [3.63, 3.8) is 0 Å². The molecule has 0 amide bonds. The summed E-state index contributed by atoms with van der Waals surface area (Å²) in [6, 6.07) is 7.61. The number of nitrogens with zero attached hydrogens (tertiary/aromatic N) is 1. The molecule has 0 radical (unpaired) electrons. The fourth-order valence-electron chi connectivity index (χ4n) is 1.61. The number of hydrogen-bond acceptors (Lipinski definition) is 2. The first-order chi connectivity index (χ1) is 8.56. The fraction of sp³-hybridized carbons (Fsp3) is 0.154. The summed E-state index contributed by atoms with van der Waals surface area (Å²) >= 11 is 9.18. The Hall–Kier alpha value is -0.970. The second-order valence-electron chi connectivity index (χ2n) is 3.85. The molecule has 5 heteroatoms. The lowest BCUT2D eigenvalue weighted by molar-refractivity contribution is 0.177. The molecule has 94 valence electrons. The topological polar surface area (TPSA) is 33.1 Å². The van der Waals surface area contributed by atoms with Crippen LogP contribution < -0.4 is 0 Å². The van der Waals surface area contributed by atoms with Gasteiger partial charge in [-0.25, -0.2) is 4.39 Å². The molecule has 0 bridgehead atoms. The molecule has 1 aromatic carbocycles. The van der Waals surface area contributed by atoms with Crippen molar-refractivity contribution in [2.45, 2.75) is 12.5 Å². The number of pyridine rings is 1. The average molecular weight is 331 g/mol. The van der Waals surface area contributed by atoms with Gasteiger partial charge in [-0.05, 0) is 45.8 Å². The van der Waals surface area contributed by atoms with Gasteiger partial charge in [0.15, 0.2) is 0 Å². The van der Waals surface area contributed by atoms with E-state index in [0.29, 0.717) is 12.0 Å². The average Bonchev–Trinajstić information content (AvgIpc) is 2.32. The van der Waals surface area contributed by atoms with Crippen molar-refractivity contribution in [3.8, 4) is 0 Å². The van der Waals surface area contributed by atoms with Crippen LogP contribution in [0.2, 0.25) is 5.02 Å². The van der Waals surface area contributed by atoms with Crippen LogP contribution in [0.3, 0.4) is 0 Å². The van der Waals surface area contributed by atoms with E-state index in [9.17, 15) is 9.50 Å². The molecule has 1 unspecified atom stereocenters. The van der Waals surface area contributed by atoms with Gasteiger partial charge in [-0.2, -0.15) is 0 Å². The molecule has 1 atom stereocenters. The van der Waals surface area contributed by atoms with E-state index >= 15 is 0 Å². The summed E-state index contributed by atoms with van der Waals surface area (Å²) in [7, 11) is 0. The van der Waals surface area contributed by atoms with Crippen molar-refractivity contribution in [3.05, 3.63) is 63.1 Å². The molecule has 0 aliphatic rings. The summed E-state index contributed by atoms with van der Waals surface area (Å²) in [4.78, 5) is 4.17. The van der Waals surface area contributed by atoms with E-state index in [0.717, 1.165) is 10.2 Å². The molecule has 0 saturated heterocycles. The number of hydrogen-bond donors (Lipinski definition) is 1. The number of aliphatic hydroxyl groups excluding tert-OH is 1. The van der Waals surface area contributed by atoms with Crippen LogP contribution in [0.4, 0.5) is 4.39 Å². The van der Waals surface area contributed by atoms with Gasteiger partial charge in [0, 0.05) is 27.8 Å². The van der Waals surface area contributed by atoms with E-state index in [4.69, 9.17) is 11.6 Å². The third kappa shape index (κ3) is 3.28. The smallest absolute Gasteiger partial charge is 0.124 e. The van der Waals surface area contributed by atoms with E-state index in [2.05, 4.69) is 20.9 Å². The molecule has 1 heterocycles. The summed E-state index contributed by atoms with van der Waals surface area (Å²) in [5, 5.41) is 10.3. The Bertz CT molecular complexity index is 547. The maximum atomic E-state index is 12.9. The van der Waals surface area contributed by atoms with Gasteiger partial charge in [0.2, 0.25) is 0 Å². The van der Waals surface area contributed by atoms with Gasteiger partial charge in [-0.15, -0.1) is 0 Å². The van der Waals surface area contributed by atoms with Crippen LogP contribution >= 0.6 is 27.5 Å². The fourth-order valence-corrected chi connectivity index (χ4v) is 2.13. The summed E-state index contributed by atoms with van der Waals surface area (Å²) in [6.07, 6.45) is 1.19. The lowest BCUT2D eigenvalue weighted by atomic mass is 10.0. The zero-order chi connectivity index (χ0) is 13.1. The summed E-state index contributed by atoms with van der Waals surface area (Å²) in [5.41, 5.74) is 1.24. The Morgan fingerprint density at radius 1 is 1.33 bits per heavy atom. The van der Waals surface area contributed by atoms with Crippen LogP contribution in [0.15, 0.2) is 41.0 Å². The standard InChI is InChI=1S/C13H10BrClFNO/c14-8-1-3-10(17-7-8)6-13(18)11-4-2-9(16)5-12(11)15/h1-5,7,13,18H,6H2. The maximum Gasteiger partial charge on any atom is 0.124 e. The highest BCUT2D eigenvalue weighted by atomic mass is 79.9. The molecule has 0 spiro atoms. The minimum Gasteiger partial charge on any atom is -0.388 e. The van der Waals surface area contributed by atoms with Gasteiger partial charge in [-0.1, -0.05) is 17.7 Å². The van der Waals surface area contributed by atoms with E-state index in [-0.39, 0.29) is 5.02 Å². The van der Waals surface area contributed by atoms with Crippen LogP contribution in [0.25, 0.3) is 0 Å². The molecule has 0 aliphatic heterocycles. The normalized spacial score (nSPS) is 12.4. The van der Waals surface area contributed by atoms with E-state index in [1.54, 1.807) is 6.20 Å². The van der Waals surface area contributed by atoms with Crippen LogP contribution in [0.1, 0.15) is 17.4 Å². The van der Waals surface area contributed by atoms with Crippen molar-refractivity contribution in [2.75, 3.05) is 0 Å². The van der Waals surface area contributed by atoms with Gasteiger partial charge in [-0.3, -0.25) is 4.98 Å². The second kappa shape index (κ2) is 5.78. The molecule has 0 aliphatic carbocycles. The summed E-state index contributed by atoms with van der Waals surface area (Å²) in [5.74, 6) is -0.419. The highest BCUT2D eigenvalue weighted by Gasteiger charge is 2.13. The predicted octanol–water partition coefficient (Wildman–Crippen LogP) is 3.91. The Morgan fingerprint density at radius 2 is 2.11 bits per heavy atom. The lowest BCUT2D eigenvalue weighted by Crippen LogP contribution is -2.04. The third-order valence-electron chi connectivity index (χ3n) is 2.51. The summed E-state index contributed by atoms with van der Waals surface area (Å²) < 4.78 is 13.8. The second-order valence-corrected chi connectivity index (χ2v) is 5.18. The Labute approximate surface area is 118 Å². The summed E-state index contributed by atoms with van der Waals surface area (Å²) in [6.45, 7) is 0. The Morgan fingerprint density at radius 3 is 2.72 bits per heavy atom. The first kappa shape index (κ1) is 13.5. The predicted molar refractivity (Wildman–Crippen MR) is 72.0 cm³/mol. The van der Waals surface area contributed by atoms with Gasteiger partial charge in [0.05, 0.1) is 6.10 Å². The lowest BCUT2D eigenvalue weighted by Gasteiger charge is -2.12. The molecule has 0 fully saturated rings. The van der Waals surface area contributed by atoms with Gasteiger partial charge in [0.1, 0.15) is 5.82 Å². The number of aliphatic hydroxyl groups is 1. The highest BCUT2D eigenvalue weighted by molar-refractivity contribution is 9.10. The molecular formula is C13H10BrClFNO. The zero-order valence-corrected chi connectivity index (χ0v) is 11.6. The van der Waals surface area contributed by atoms with Gasteiger partial charge in [0.25, 0.3) is 0 Å². The molecular weight excluding hydrogens is 321 g/mol. The quantitative estimate of drug-likeness (QED) is 0.925. The van der Waals surface area contributed by atoms with E-state index < -0.39 is 11.9 Å². The van der Waals surface area contributed by atoms with Crippen molar-refractivity contribution >= 4 is 27.5 Å². The first-order valence-electron chi connectivity index (χ1n) is 5.29. The number of rotatable bonds is 3. The van der Waals surface area contributed by atoms with E-state index in [1.807, 2.05) is 12.1 Å². The minimum atomic E-state index is -0.799. The maximum absolute atomic E-state index is 12.9. The zero-order valence-electron chi connectivity index (χ0n) is 9.28. The Balaban J connectivity index is 2.16. The number of aromatic nitrogens is 1. The number of benzene rings is 1. The highest BCUT2D eigenvalue weighted by Crippen LogP contribution is 2.26. The molecule has 1 N–H and O–H groups in total. The van der Waals surface area contributed by atoms with Crippen LogP contribution in [0, 0.1) is 5.82 Å². The number of halogens is 3. The molecule has 1 aromatic heterocycles. The van der Waals surface area contributed by atoms with Gasteiger partial charge >= 0.3 is 0 Å². The van der Waals surface area contributed by atoms with E-state index in [1.165, 1.54) is 18.2 Å². The monoisotopic (exact) mass is 329 g/mol. The Kier molecular flexibility index (Phi) is 4.32. The largest absolute Gasteiger partial charge is 0.388 e. The van der Waals surface area contributed by atoms with Crippen LogP contribution in [-0.2, 0) is 6.42 Å². The van der Waals surface area contributed by atoms with Crippen LogP contribution in [-0.4, -0.2) is 10.1 Å². The van der Waals surface area contributed by atoms with Crippen molar-refractivity contribution in [1.82, 2.24) is 4.98 Å².